The number of carbonyl (C=O) groups is 1. The topological polar surface area (TPSA) is 42.0 Å². The Morgan fingerprint density at radius 1 is 1.70 bits per heavy atom. The fraction of sp³-hybridized carbons (Fsp3) is 0. The maximum atomic E-state index is 10.5. The van der Waals surface area contributed by atoms with Gasteiger partial charge in [0.15, 0.2) is 0 Å². The highest BCUT2D eigenvalue weighted by Gasteiger charge is 1.92. The number of pyridine rings is 1. The van der Waals surface area contributed by atoms with E-state index in [1.54, 1.807) is 47.1 Å². The fourth-order valence-corrected chi connectivity index (χ4v) is 0.862. The Labute approximate surface area is 72.0 Å². The van der Waals surface area contributed by atoms with E-state index in [4.69, 9.17) is 0 Å². The standard InChI is InChI=1S/C6H5IN2O/c7-6(10)9-5-2-1-3-8-4-5/h1-4H,(H,9,10). The number of aromatic nitrogens is 1. The van der Waals surface area contributed by atoms with Crippen LogP contribution in [0.4, 0.5) is 10.5 Å². The molecule has 4 heteroatoms. The summed E-state index contributed by atoms with van der Waals surface area (Å²) in [6.07, 6.45) is 3.25. The van der Waals surface area contributed by atoms with Crippen molar-refractivity contribution in [3.63, 3.8) is 0 Å². The molecule has 10 heavy (non-hydrogen) atoms. The summed E-state index contributed by atoms with van der Waals surface area (Å²) in [5, 5.41) is 2.59. The van der Waals surface area contributed by atoms with Crippen LogP contribution in [0.15, 0.2) is 24.5 Å². The summed E-state index contributed by atoms with van der Waals surface area (Å²) in [6.45, 7) is 0. The Kier molecular flexibility index (Phi) is 2.61. The third-order valence-electron chi connectivity index (χ3n) is 0.904. The Hall–Kier alpha value is -0.650. The van der Waals surface area contributed by atoms with Crippen LogP contribution in [0.1, 0.15) is 0 Å². The Morgan fingerprint density at radius 2 is 2.50 bits per heavy atom. The number of nitrogens with one attached hydrogen (secondary N) is 1. The molecule has 0 radical (unpaired) electrons. The van der Waals surface area contributed by atoms with E-state index in [2.05, 4.69) is 10.3 Å². The van der Waals surface area contributed by atoms with Crippen LogP contribution >= 0.6 is 22.6 Å². The number of halogens is 1. The van der Waals surface area contributed by atoms with Crippen LogP contribution in [0.2, 0.25) is 0 Å². The lowest BCUT2D eigenvalue weighted by Crippen LogP contribution is -1.99. The predicted molar refractivity (Wildman–Crippen MR) is 47.3 cm³/mol. The van der Waals surface area contributed by atoms with E-state index in [-0.39, 0.29) is 3.91 Å². The second-order valence-electron chi connectivity index (χ2n) is 1.64. The van der Waals surface area contributed by atoms with Crippen LogP contribution in [0, 0.1) is 0 Å². The van der Waals surface area contributed by atoms with Gasteiger partial charge < -0.3 is 5.32 Å². The summed E-state index contributed by atoms with van der Waals surface area (Å²) >= 11 is 1.67. The first-order valence-electron chi connectivity index (χ1n) is 2.65. The molecule has 0 atom stereocenters. The minimum atomic E-state index is -0.106. The van der Waals surface area contributed by atoms with E-state index in [0.29, 0.717) is 0 Å². The molecular formula is C6H5IN2O. The Balaban J connectivity index is 2.67. The van der Waals surface area contributed by atoms with Gasteiger partial charge in [0.1, 0.15) is 0 Å². The second-order valence-corrected chi connectivity index (χ2v) is 2.62. The molecule has 3 nitrogen and oxygen atoms in total. The summed E-state index contributed by atoms with van der Waals surface area (Å²) in [4.78, 5) is 14.3. The van der Waals surface area contributed by atoms with Crippen LogP contribution in [-0.4, -0.2) is 8.90 Å². The maximum absolute atomic E-state index is 10.5. The van der Waals surface area contributed by atoms with Gasteiger partial charge in [0, 0.05) is 28.8 Å². The molecule has 52 valence electrons. The van der Waals surface area contributed by atoms with Crippen molar-refractivity contribution in [1.82, 2.24) is 4.98 Å². The van der Waals surface area contributed by atoms with Gasteiger partial charge >= 0.3 is 0 Å². The van der Waals surface area contributed by atoms with Gasteiger partial charge in [-0.05, 0) is 12.1 Å². The Morgan fingerprint density at radius 3 is 3.00 bits per heavy atom. The number of nitrogens with zero attached hydrogens (tertiary/aromatic N) is 1. The van der Waals surface area contributed by atoms with Crippen LogP contribution in [0.5, 0.6) is 0 Å². The molecule has 1 heterocycles. The lowest BCUT2D eigenvalue weighted by atomic mass is 10.4. The normalized spacial score (nSPS) is 8.90. The van der Waals surface area contributed by atoms with Crippen molar-refractivity contribution in [3.05, 3.63) is 24.5 Å². The van der Waals surface area contributed by atoms with Crippen molar-refractivity contribution in [2.45, 2.75) is 0 Å². The lowest BCUT2D eigenvalue weighted by molar-refractivity contribution is 0.272. The molecule has 0 spiro atoms. The number of carbonyl (C=O) groups excluding carboxylic acids is 1. The molecule has 0 aliphatic rings. The van der Waals surface area contributed by atoms with E-state index in [1.807, 2.05) is 0 Å². The molecule has 1 rings (SSSR count). The summed E-state index contributed by atoms with van der Waals surface area (Å²) in [7, 11) is 0. The van der Waals surface area contributed by atoms with Gasteiger partial charge in [-0.2, -0.15) is 0 Å². The molecular weight excluding hydrogens is 243 g/mol. The van der Waals surface area contributed by atoms with Crippen LogP contribution in [0.3, 0.4) is 0 Å². The van der Waals surface area contributed by atoms with Crippen molar-refractivity contribution in [1.29, 1.82) is 0 Å². The number of hydrogen-bond acceptors (Lipinski definition) is 2. The van der Waals surface area contributed by atoms with E-state index < -0.39 is 0 Å². The van der Waals surface area contributed by atoms with Gasteiger partial charge in [0.05, 0.1) is 11.9 Å². The van der Waals surface area contributed by atoms with Crippen molar-refractivity contribution < 1.29 is 4.79 Å². The lowest BCUT2D eigenvalue weighted by Gasteiger charge is -1.96. The van der Waals surface area contributed by atoms with Crippen molar-refractivity contribution in [3.8, 4) is 0 Å². The average molecular weight is 248 g/mol. The average Bonchev–Trinajstić information content (AvgIpc) is 1.88. The highest BCUT2D eigenvalue weighted by atomic mass is 127. The number of hydrogen-bond donors (Lipinski definition) is 1. The van der Waals surface area contributed by atoms with E-state index >= 15 is 0 Å². The zero-order chi connectivity index (χ0) is 7.40. The van der Waals surface area contributed by atoms with Crippen LogP contribution in [0.25, 0.3) is 0 Å². The minimum Gasteiger partial charge on any atom is -0.316 e. The molecule has 1 N–H and O–H groups in total. The van der Waals surface area contributed by atoms with Gasteiger partial charge in [-0.25, -0.2) is 0 Å². The molecule has 0 fully saturated rings. The molecule has 1 aromatic heterocycles. The minimum absolute atomic E-state index is 0.106. The smallest absolute Gasteiger partial charge is 0.285 e. The summed E-state index contributed by atoms with van der Waals surface area (Å²) in [5.41, 5.74) is 0.724. The molecule has 0 bridgehead atoms. The third kappa shape index (κ3) is 2.30. The summed E-state index contributed by atoms with van der Waals surface area (Å²) in [5.74, 6) is 0. The van der Waals surface area contributed by atoms with Crippen LogP contribution in [-0.2, 0) is 0 Å². The van der Waals surface area contributed by atoms with E-state index in [0.717, 1.165) is 5.69 Å². The van der Waals surface area contributed by atoms with Gasteiger partial charge in [-0.15, -0.1) is 0 Å². The fourth-order valence-electron chi connectivity index (χ4n) is 0.550. The molecule has 1 aromatic rings. The molecule has 0 unspecified atom stereocenters. The first-order chi connectivity index (χ1) is 4.79. The second kappa shape index (κ2) is 3.50. The quantitative estimate of drug-likeness (QED) is 0.469. The van der Waals surface area contributed by atoms with Gasteiger partial charge in [-0.3, -0.25) is 9.78 Å². The monoisotopic (exact) mass is 248 g/mol. The molecule has 0 saturated heterocycles. The summed E-state index contributed by atoms with van der Waals surface area (Å²) < 4.78 is -0.106. The van der Waals surface area contributed by atoms with Gasteiger partial charge in [0.2, 0.25) is 0 Å². The molecule has 0 aromatic carbocycles. The SMILES string of the molecule is O=C(I)Nc1cccnc1. The number of amides is 1. The first-order valence-corrected chi connectivity index (χ1v) is 3.73. The van der Waals surface area contributed by atoms with Crippen molar-refractivity contribution in [2.24, 2.45) is 0 Å². The zero-order valence-electron chi connectivity index (χ0n) is 5.04. The van der Waals surface area contributed by atoms with Gasteiger partial charge in [-0.1, -0.05) is 0 Å². The molecule has 0 saturated carbocycles. The number of anilines is 1. The highest BCUT2D eigenvalue weighted by molar-refractivity contribution is 14.1. The highest BCUT2D eigenvalue weighted by Crippen LogP contribution is 2.04. The molecule has 1 amide bonds. The maximum Gasteiger partial charge on any atom is 0.285 e. The zero-order valence-corrected chi connectivity index (χ0v) is 7.20. The van der Waals surface area contributed by atoms with E-state index in [9.17, 15) is 4.79 Å². The largest absolute Gasteiger partial charge is 0.316 e. The van der Waals surface area contributed by atoms with E-state index in [1.165, 1.54) is 0 Å². The number of rotatable bonds is 1. The van der Waals surface area contributed by atoms with Gasteiger partial charge in [0.25, 0.3) is 3.91 Å². The predicted octanol–water partition coefficient (Wildman–Crippen LogP) is 2.05. The summed E-state index contributed by atoms with van der Waals surface area (Å²) in [6, 6.07) is 3.55. The third-order valence-corrected chi connectivity index (χ3v) is 1.17. The molecule has 0 aliphatic heterocycles. The molecule has 0 aliphatic carbocycles. The van der Waals surface area contributed by atoms with Crippen molar-refractivity contribution >= 4 is 32.2 Å². The Bertz CT molecular complexity index is 224. The van der Waals surface area contributed by atoms with Crippen LogP contribution < -0.4 is 5.32 Å². The van der Waals surface area contributed by atoms with Crippen molar-refractivity contribution in [2.75, 3.05) is 5.32 Å². The first kappa shape index (κ1) is 7.46.